The predicted octanol–water partition coefficient (Wildman–Crippen LogP) is 5.37. The highest BCUT2D eigenvalue weighted by molar-refractivity contribution is 6.16. The Bertz CT molecular complexity index is 898. The van der Waals surface area contributed by atoms with Crippen LogP contribution in [0.15, 0.2) is 52.9 Å². The summed E-state index contributed by atoms with van der Waals surface area (Å²) in [6.45, 7) is 9.87. The zero-order chi connectivity index (χ0) is 19.2. The number of aryl methyl sites for hydroxylation is 1. The molecule has 0 amide bonds. The second-order valence-corrected chi connectivity index (χ2v) is 6.48. The highest BCUT2D eigenvalue weighted by Gasteiger charge is 2.20. The number of likely N-dealkylation sites (N-methyl/N-ethyl adjacent to an activating group) is 1. The van der Waals surface area contributed by atoms with Gasteiger partial charge in [0.25, 0.3) is 0 Å². The molecule has 3 rings (SSSR count). The van der Waals surface area contributed by atoms with Crippen LogP contribution >= 0.6 is 12.4 Å². The number of carbonyl (C=O) groups excluding carboxylic acids is 1. The maximum atomic E-state index is 13.1. The fourth-order valence-corrected chi connectivity index (χ4v) is 3.27. The summed E-state index contributed by atoms with van der Waals surface area (Å²) in [7, 11) is 0. The van der Waals surface area contributed by atoms with Crippen LogP contribution in [0.4, 0.5) is 0 Å². The monoisotopic (exact) mass is 401 g/mol. The molecule has 0 atom stereocenters. The van der Waals surface area contributed by atoms with Crippen LogP contribution in [0.25, 0.3) is 11.0 Å². The van der Waals surface area contributed by atoms with Gasteiger partial charge in [-0.05, 0) is 43.4 Å². The minimum Gasteiger partial charge on any atom is -0.492 e. The van der Waals surface area contributed by atoms with Gasteiger partial charge in [0.2, 0.25) is 0 Å². The van der Waals surface area contributed by atoms with Crippen molar-refractivity contribution >= 4 is 29.2 Å². The summed E-state index contributed by atoms with van der Waals surface area (Å²) >= 11 is 0. The number of furan rings is 1. The third-order valence-electron chi connectivity index (χ3n) is 4.90. The van der Waals surface area contributed by atoms with Crippen LogP contribution in [0, 0.1) is 0 Å². The van der Waals surface area contributed by atoms with Crippen LogP contribution in [0.5, 0.6) is 5.75 Å². The normalized spacial score (nSPS) is 10.9. The average molecular weight is 402 g/mol. The van der Waals surface area contributed by atoms with Crippen molar-refractivity contribution < 1.29 is 13.9 Å². The highest BCUT2D eigenvalue weighted by Crippen LogP contribution is 2.29. The van der Waals surface area contributed by atoms with Crippen molar-refractivity contribution in [2.24, 2.45) is 0 Å². The molecule has 0 N–H and O–H groups in total. The number of fused-ring (bicyclic) bond motifs is 1. The molecule has 0 saturated heterocycles. The number of hydrogen-bond donors (Lipinski definition) is 0. The Morgan fingerprint density at radius 3 is 2.32 bits per heavy atom. The van der Waals surface area contributed by atoms with Gasteiger partial charge >= 0.3 is 0 Å². The maximum Gasteiger partial charge on any atom is 0.197 e. The summed E-state index contributed by atoms with van der Waals surface area (Å²) in [6.07, 6.45) is 0.683. The Hall–Kier alpha value is -2.30. The first kappa shape index (κ1) is 22.0. The van der Waals surface area contributed by atoms with Crippen molar-refractivity contribution in [1.29, 1.82) is 0 Å². The fraction of sp³-hybridized carbons (Fsp3) is 0.348. The minimum absolute atomic E-state index is 0. The number of halogens is 1. The number of carbonyl (C=O) groups is 1. The molecule has 150 valence electrons. The Labute approximate surface area is 172 Å². The van der Waals surface area contributed by atoms with E-state index in [9.17, 15) is 4.79 Å². The average Bonchev–Trinajstić information content (AvgIpc) is 3.10. The quantitative estimate of drug-likeness (QED) is 0.452. The van der Waals surface area contributed by atoms with E-state index in [-0.39, 0.29) is 18.2 Å². The molecule has 0 aliphatic heterocycles. The number of hydrogen-bond acceptors (Lipinski definition) is 4. The first-order valence-corrected chi connectivity index (χ1v) is 9.68. The van der Waals surface area contributed by atoms with Gasteiger partial charge in [-0.2, -0.15) is 0 Å². The molecule has 1 heterocycles. The van der Waals surface area contributed by atoms with Gasteiger partial charge in [0.15, 0.2) is 5.78 Å². The lowest BCUT2D eigenvalue weighted by Crippen LogP contribution is -2.27. The first-order valence-electron chi connectivity index (χ1n) is 9.68. The van der Waals surface area contributed by atoms with Gasteiger partial charge < -0.3 is 14.1 Å². The molecule has 5 heteroatoms. The van der Waals surface area contributed by atoms with Crippen LogP contribution in [0.3, 0.4) is 0 Å². The molecule has 3 aromatic rings. The number of nitrogens with zero attached hydrogens (tertiary/aromatic N) is 1. The second-order valence-electron chi connectivity index (χ2n) is 6.48. The van der Waals surface area contributed by atoms with Crippen LogP contribution in [0.2, 0.25) is 0 Å². The van der Waals surface area contributed by atoms with E-state index in [0.717, 1.165) is 42.1 Å². The SMILES string of the molecule is CCc1oc2ccccc2c1C(=O)c1ccc(OCCN(CC)CC)cc1.Cl. The number of para-hydroxylation sites is 1. The molecule has 0 aliphatic rings. The summed E-state index contributed by atoms with van der Waals surface area (Å²) in [4.78, 5) is 15.4. The number of rotatable bonds is 9. The van der Waals surface area contributed by atoms with Crippen molar-refractivity contribution in [3.05, 3.63) is 65.4 Å². The van der Waals surface area contributed by atoms with E-state index in [4.69, 9.17) is 9.15 Å². The molecular weight excluding hydrogens is 374 g/mol. The van der Waals surface area contributed by atoms with Crippen molar-refractivity contribution in [1.82, 2.24) is 4.90 Å². The fourth-order valence-electron chi connectivity index (χ4n) is 3.27. The smallest absolute Gasteiger partial charge is 0.197 e. The van der Waals surface area contributed by atoms with E-state index in [2.05, 4.69) is 18.7 Å². The summed E-state index contributed by atoms with van der Waals surface area (Å²) in [5.41, 5.74) is 2.07. The molecule has 0 radical (unpaired) electrons. The molecule has 1 aromatic heterocycles. The zero-order valence-corrected chi connectivity index (χ0v) is 17.6. The lowest BCUT2D eigenvalue weighted by Gasteiger charge is -2.18. The third kappa shape index (κ3) is 4.75. The molecule has 0 fully saturated rings. The molecule has 4 nitrogen and oxygen atoms in total. The lowest BCUT2D eigenvalue weighted by atomic mass is 9.99. The van der Waals surface area contributed by atoms with Crippen molar-refractivity contribution in [3.63, 3.8) is 0 Å². The van der Waals surface area contributed by atoms with E-state index in [1.165, 1.54) is 0 Å². The second kappa shape index (κ2) is 10.3. The van der Waals surface area contributed by atoms with Gasteiger partial charge in [0.05, 0.1) is 5.56 Å². The topological polar surface area (TPSA) is 42.7 Å². The van der Waals surface area contributed by atoms with Gasteiger partial charge in [0.1, 0.15) is 23.7 Å². The Kier molecular flexibility index (Phi) is 8.09. The van der Waals surface area contributed by atoms with Crippen LogP contribution in [-0.2, 0) is 6.42 Å². The molecule has 28 heavy (non-hydrogen) atoms. The Morgan fingerprint density at radius 2 is 1.68 bits per heavy atom. The van der Waals surface area contributed by atoms with E-state index < -0.39 is 0 Å². The molecule has 0 unspecified atom stereocenters. The van der Waals surface area contributed by atoms with E-state index >= 15 is 0 Å². The van der Waals surface area contributed by atoms with Crippen molar-refractivity contribution in [3.8, 4) is 5.75 Å². The van der Waals surface area contributed by atoms with Gasteiger partial charge in [-0.3, -0.25) is 4.79 Å². The Morgan fingerprint density at radius 1 is 1.00 bits per heavy atom. The van der Waals surface area contributed by atoms with Crippen LogP contribution in [-0.4, -0.2) is 36.9 Å². The van der Waals surface area contributed by atoms with Crippen molar-refractivity contribution in [2.45, 2.75) is 27.2 Å². The van der Waals surface area contributed by atoms with Gasteiger partial charge in [0, 0.05) is 23.9 Å². The summed E-state index contributed by atoms with van der Waals surface area (Å²) in [5, 5.41) is 0.874. The number of ketones is 1. The molecule has 0 bridgehead atoms. The summed E-state index contributed by atoms with van der Waals surface area (Å²) < 4.78 is 11.7. The largest absolute Gasteiger partial charge is 0.492 e. The molecule has 0 spiro atoms. The minimum atomic E-state index is -0.00788. The number of benzene rings is 2. The Balaban J connectivity index is 0.00000280. The van der Waals surface area contributed by atoms with Gasteiger partial charge in [-0.1, -0.05) is 39.0 Å². The van der Waals surface area contributed by atoms with Crippen LogP contribution < -0.4 is 4.74 Å². The zero-order valence-electron chi connectivity index (χ0n) is 16.7. The van der Waals surface area contributed by atoms with E-state index in [0.29, 0.717) is 24.2 Å². The van der Waals surface area contributed by atoms with E-state index in [1.54, 1.807) is 0 Å². The number of ether oxygens (including phenoxy) is 1. The van der Waals surface area contributed by atoms with E-state index in [1.807, 2.05) is 55.5 Å². The lowest BCUT2D eigenvalue weighted by molar-refractivity contribution is 0.103. The summed E-state index contributed by atoms with van der Waals surface area (Å²) in [5.74, 6) is 1.51. The molecule has 2 aromatic carbocycles. The van der Waals surface area contributed by atoms with Gasteiger partial charge in [-0.15, -0.1) is 12.4 Å². The highest BCUT2D eigenvalue weighted by atomic mass is 35.5. The van der Waals surface area contributed by atoms with Gasteiger partial charge in [-0.25, -0.2) is 0 Å². The first-order chi connectivity index (χ1) is 13.2. The van der Waals surface area contributed by atoms with Crippen LogP contribution in [0.1, 0.15) is 42.5 Å². The predicted molar refractivity (Wildman–Crippen MR) is 116 cm³/mol. The summed E-state index contributed by atoms with van der Waals surface area (Å²) in [6, 6.07) is 15.1. The standard InChI is InChI=1S/C23H27NO3.ClH/c1-4-20-22(19-9-7-8-10-21(19)27-20)23(25)17-11-13-18(14-12-17)26-16-15-24(5-2)6-3;/h7-14H,4-6,15-16H2,1-3H3;1H. The third-order valence-corrected chi connectivity index (χ3v) is 4.90. The molecule has 0 saturated carbocycles. The molecular formula is C23H28ClNO3. The van der Waals surface area contributed by atoms with Crippen molar-refractivity contribution in [2.75, 3.05) is 26.2 Å². The molecule has 0 aliphatic carbocycles. The maximum absolute atomic E-state index is 13.1.